The molecular formula is C26H35N3O4S. The SMILES string of the molecule is CC(C)(C)NC(=O)c1ccccc1NC(=O)[C@H]1CCCN(S(=O)(=O)CCCc2ccccc2)C1. The monoisotopic (exact) mass is 485 g/mol. The van der Waals surface area contributed by atoms with Crippen molar-refractivity contribution in [1.29, 1.82) is 0 Å². The summed E-state index contributed by atoms with van der Waals surface area (Å²) in [6.45, 7) is 6.27. The van der Waals surface area contributed by atoms with Crippen molar-refractivity contribution >= 4 is 27.5 Å². The van der Waals surface area contributed by atoms with E-state index < -0.39 is 21.5 Å². The molecule has 1 atom stereocenters. The fraction of sp³-hybridized carbons (Fsp3) is 0.462. The highest BCUT2D eigenvalue weighted by Gasteiger charge is 2.32. The van der Waals surface area contributed by atoms with Crippen molar-refractivity contribution in [3.8, 4) is 0 Å². The minimum Gasteiger partial charge on any atom is -0.347 e. The zero-order valence-electron chi connectivity index (χ0n) is 20.2. The Morgan fingerprint density at radius 2 is 1.71 bits per heavy atom. The highest BCUT2D eigenvalue weighted by atomic mass is 32.2. The Morgan fingerprint density at radius 1 is 1.03 bits per heavy atom. The molecule has 2 N–H and O–H groups in total. The molecule has 2 aromatic rings. The van der Waals surface area contributed by atoms with Crippen LogP contribution in [0.4, 0.5) is 5.69 Å². The summed E-state index contributed by atoms with van der Waals surface area (Å²) in [4.78, 5) is 25.7. The number of para-hydroxylation sites is 1. The number of carbonyl (C=O) groups excluding carboxylic acids is 2. The molecule has 1 saturated heterocycles. The maximum absolute atomic E-state index is 13.0. The van der Waals surface area contributed by atoms with Gasteiger partial charge in [0.1, 0.15) is 0 Å². The van der Waals surface area contributed by atoms with Gasteiger partial charge in [0.15, 0.2) is 0 Å². The molecule has 2 aromatic carbocycles. The molecule has 2 amide bonds. The number of sulfonamides is 1. The van der Waals surface area contributed by atoms with Crippen molar-refractivity contribution in [1.82, 2.24) is 9.62 Å². The summed E-state index contributed by atoms with van der Waals surface area (Å²) >= 11 is 0. The Balaban J connectivity index is 1.61. The second-order valence-corrected chi connectivity index (χ2v) is 11.9. The van der Waals surface area contributed by atoms with E-state index in [2.05, 4.69) is 10.6 Å². The van der Waals surface area contributed by atoms with Crippen LogP contribution in [0.5, 0.6) is 0 Å². The lowest BCUT2D eigenvalue weighted by molar-refractivity contribution is -0.120. The Kier molecular flexibility index (Phi) is 8.49. The number of rotatable bonds is 8. The number of benzene rings is 2. The van der Waals surface area contributed by atoms with Crippen LogP contribution < -0.4 is 10.6 Å². The van der Waals surface area contributed by atoms with E-state index >= 15 is 0 Å². The molecule has 0 unspecified atom stereocenters. The van der Waals surface area contributed by atoms with Crippen LogP contribution in [-0.2, 0) is 21.2 Å². The summed E-state index contributed by atoms with van der Waals surface area (Å²) in [5, 5.41) is 5.77. The van der Waals surface area contributed by atoms with Crippen LogP contribution in [0.3, 0.4) is 0 Å². The van der Waals surface area contributed by atoms with E-state index in [1.807, 2.05) is 51.1 Å². The fourth-order valence-corrected chi connectivity index (χ4v) is 5.66. The first-order valence-corrected chi connectivity index (χ1v) is 13.4. The highest BCUT2D eigenvalue weighted by molar-refractivity contribution is 7.89. The molecular weight excluding hydrogens is 450 g/mol. The van der Waals surface area contributed by atoms with Gasteiger partial charge in [-0.2, -0.15) is 0 Å². The van der Waals surface area contributed by atoms with Crippen LogP contribution >= 0.6 is 0 Å². The van der Waals surface area contributed by atoms with Crippen LogP contribution in [0, 0.1) is 5.92 Å². The number of nitrogens with one attached hydrogen (secondary N) is 2. The quantitative estimate of drug-likeness (QED) is 0.594. The summed E-state index contributed by atoms with van der Waals surface area (Å²) in [5.41, 5.74) is 1.51. The molecule has 3 rings (SSSR count). The van der Waals surface area contributed by atoms with Crippen molar-refractivity contribution in [3.05, 3.63) is 65.7 Å². The van der Waals surface area contributed by atoms with Gasteiger partial charge in [0.2, 0.25) is 15.9 Å². The molecule has 1 heterocycles. The lowest BCUT2D eigenvalue weighted by Gasteiger charge is -2.31. The van der Waals surface area contributed by atoms with Gasteiger partial charge in [-0.15, -0.1) is 0 Å². The third-order valence-corrected chi connectivity index (χ3v) is 7.70. The van der Waals surface area contributed by atoms with Gasteiger partial charge in [0, 0.05) is 18.6 Å². The second kappa shape index (κ2) is 11.1. The van der Waals surface area contributed by atoms with E-state index in [-0.39, 0.29) is 24.1 Å². The number of hydrogen-bond donors (Lipinski definition) is 2. The number of aryl methyl sites for hydroxylation is 1. The molecule has 0 aliphatic carbocycles. The second-order valence-electron chi connectivity index (χ2n) is 9.84. The van der Waals surface area contributed by atoms with E-state index in [1.54, 1.807) is 24.3 Å². The third kappa shape index (κ3) is 7.40. The Bertz CT molecular complexity index is 1090. The lowest BCUT2D eigenvalue weighted by atomic mass is 9.98. The minimum atomic E-state index is -3.45. The Morgan fingerprint density at radius 3 is 2.41 bits per heavy atom. The van der Waals surface area contributed by atoms with Gasteiger partial charge in [0.05, 0.1) is 22.9 Å². The maximum Gasteiger partial charge on any atom is 0.253 e. The molecule has 0 spiro atoms. The molecule has 34 heavy (non-hydrogen) atoms. The normalized spacial score (nSPS) is 17.2. The van der Waals surface area contributed by atoms with Crippen LogP contribution in [0.15, 0.2) is 54.6 Å². The first kappa shape index (κ1) is 25.9. The predicted molar refractivity (Wildman–Crippen MR) is 135 cm³/mol. The minimum absolute atomic E-state index is 0.0615. The van der Waals surface area contributed by atoms with E-state index in [9.17, 15) is 18.0 Å². The third-order valence-electron chi connectivity index (χ3n) is 5.78. The van der Waals surface area contributed by atoms with Gasteiger partial charge in [-0.1, -0.05) is 42.5 Å². The van der Waals surface area contributed by atoms with Gasteiger partial charge in [0.25, 0.3) is 5.91 Å². The molecule has 184 valence electrons. The van der Waals surface area contributed by atoms with Crippen molar-refractivity contribution in [3.63, 3.8) is 0 Å². The van der Waals surface area contributed by atoms with Gasteiger partial charge in [-0.3, -0.25) is 9.59 Å². The molecule has 0 aromatic heterocycles. The topological polar surface area (TPSA) is 95.6 Å². The van der Waals surface area contributed by atoms with E-state index in [0.29, 0.717) is 43.5 Å². The zero-order chi connectivity index (χ0) is 24.8. The Hall–Kier alpha value is -2.71. The summed E-state index contributed by atoms with van der Waals surface area (Å²) in [6.07, 6.45) is 2.47. The zero-order valence-corrected chi connectivity index (χ0v) is 21.0. The van der Waals surface area contributed by atoms with Gasteiger partial charge in [-0.05, 0) is 64.2 Å². The largest absolute Gasteiger partial charge is 0.347 e. The first-order valence-electron chi connectivity index (χ1n) is 11.8. The summed E-state index contributed by atoms with van der Waals surface area (Å²) in [5.74, 6) is -0.933. The number of amides is 2. The maximum atomic E-state index is 13.0. The first-order chi connectivity index (χ1) is 16.0. The summed E-state index contributed by atoms with van der Waals surface area (Å²) in [6, 6.07) is 16.7. The van der Waals surface area contributed by atoms with Gasteiger partial charge in [-0.25, -0.2) is 12.7 Å². The number of piperidine rings is 1. The van der Waals surface area contributed by atoms with Crippen LogP contribution in [-0.4, -0.2) is 48.9 Å². The number of anilines is 1. The van der Waals surface area contributed by atoms with Crippen molar-refractivity contribution in [2.24, 2.45) is 5.92 Å². The van der Waals surface area contributed by atoms with E-state index in [0.717, 1.165) is 5.56 Å². The molecule has 1 aliphatic heterocycles. The van der Waals surface area contributed by atoms with Crippen LogP contribution in [0.2, 0.25) is 0 Å². The average molecular weight is 486 g/mol. The molecule has 8 heteroatoms. The summed E-state index contributed by atoms with van der Waals surface area (Å²) in [7, 11) is -3.45. The van der Waals surface area contributed by atoms with Crippen molar-refractivity contribution in [2.75, 3.05) is 24.2 Å². The van der Waals surface area contributed by atoms with Crippen molar-refractivity contribution in [2.45, 2.75) is 52.0 Å². The van der Waals surface area contributed by atoms with Crippen molar-refractivity contribution < 1.29 is 18.0 Å². The molecule has 7 nitrogen and oxygen atoms in total. The van der Waals surface area contributed by atoms with E-state index in [4.69, 9.17) is 0 Å². The number of hydrogen-bond acceptors (Lipinski definition) is 4. The lowest BCUT2D eigenvalue weighted by Crippen LogP contribution is -2.45. The number of nitrogens with zero attached hydrogens (tertiary/aromatic N) is 1. The highest BCUT2D eigenvalue weighted by Crippen LogP contribution is 2.23. The standard InChI is InChI=1S/C26H35N3O4S/c1-26(2,3)28-25(31)22-15-7-8-16-23(22)27-24(30)21-14-9-17-29(19-21)34(32,33)18-10-13-20-11-5-4-6-12-20/h4-8,11-12,15-16,21H,9-10,13-14,17-19H2,1-3H3,(H,27,30)(H,28,31)/t21-/m0/s1. The summed E-state index contributed by atoms with van der Waals surface area (Å²) < 4.78 is 27.3. The molecule has 1 fully saturated rings. The number of carbonyl (C=O) groups is 2. The van der Waals surface area contributed by atoms with Gasteiger partial charge >= 0.3 is 0 Å². The average Bonchev–Trinajstić information content (AvgIpc) is 2.79. The molecule has 0 saturated carbocycles. The van der Waals surface area contributed by atoms with Crippen LogP contribution in [0.1, 0.15) is 56.0 Å². The molecule has 0 bridgehead atoms. The smallest absolute Gasteiger partial charge is 0.253 e. The fourth-order valence-electron chi connectivity index (χ4n) is 4.07. The predicted octanol–water partition coefficient (Wildman–Crippen LogP) is 3.83. The molecule has 0 radical (unpaired) electrons. The Labute approximate surface area is 203 Å². The van der Waals surface area contributed by atoms with Gasteiger partial charge < -0.3 is 10.6 Å². The van der Waals surface area contributed by atoms with Crippen LogP contribution in [0.25, 0.3) is 0 Å². The molecule has 1 aliphatic rings. The van der Waals surface area contributed by atoms with E-state index in [1.165, 1.54) is 4.31 Å².